The quantitative estimate of drug-likeness (QED) is 0.388. The van der Waals surface area contributed by atoms with Gasteiger partial charge in [0.25, 0.3) is 0 Å². The highest BCUT2D eigenvalue weighted by Gasteiger charge is 2.33. The van der Waals surface area contributed by atoms with Gasteiger partial charge >= 0.3 is 6.18 Å². The van der Waals surface area contributed by atoms with Gasteiger partial charge in [-0.25, -0.2) is 8.78 Å². The van der Waals surface area contributed by atoms with Crippen molar-refractivity contribution in [1.82, 2.24) is 14.8 Å². The van der Waals surface area contributed by atoms with Crippen LogP contribution in [-0.2, 0) is 18.0 Å². The Bertz CT molecular complexity index is 1120. The first-order chi connectivity index (χ1) is 15.1. The zero-order valence-electron chi connectivity index (χ0n) is 16.8. The Hall–Kier alpha value is -3.15. The summed E-state index contributed by atoms with van der Waals surface area (Å²) in [6.07, 6.45) is -5.36. The summed E-state index contributed by atoms with van der Waals surface area (Å²) in [5, 5.41) is 10.4. The highest BCUT2D eigenvalue weighted by atomic mass is 32.2. The van der Waals surface area contributed by atoms with Gasteiger partial charge in [0.1, 0.15) is 5.82 Å². The summed E-state index contributed by atoms with van der Waals surface area (Å²) in [6, 6.07) is 7.56. The molecule has 0 aliphatic carbocycles. The van der Waals surface area contributed by atoms with Crippen LogP contribution in [0.15, 0.2) is 47.6 Å². The second kappa shape index (κ2) is 9.55. The van der Waals surface area contributed by atoms with Crippen molar-refractivity contribution in [2.24, 2.45) is 7.05 Å². The topological polar surface area (TPSA) is 69.0 Å². The van der Waals surface area contributed by atoms with Crippen LogP contribution in [-0.4, -0.2) is 26.4 Å². The third-order valence-electron chi connectivity index (χ3n) is 4.27. The SMILES string of the molecule is CC(Oc1ccc(F)cc1F)c1nnc(SCC(=O)Nc2ccccc2C(F)(F)F)n1C. The summed E-state index contributed by atoms with van der Waals surface area (Å²) in [5.41, 5.74) is -1.29. The van der Waals surface area contributed by atoms with Crippen LogP contribution in [0, 0.1) is 11.6 Å². The monoisotopic (exact) mass is 472 g/mol. The summed E-state index contributed by atoms with van der Waals surface area (Å²) >= 11 is 0.954. The van der Waals surface area contributed by atoms with E-state index < -0.39 is 35.4 Å². The molecule has 0 fully saturated rings. The van der Waals surface area contributed by atoms with Crippen molar-refractivity contribution in [3.63, 3.8) is 0 Å². The molecule has 12 heteroatoms. The van der Waals surface area contributed by atoms with E-state index >= 15 is 0 Å². The summed E-state index contributed by atoms with van der Waals surface area (Å²) in [6.45, 7) is 1.59. The highest BCUT2D eigenvalue weighted by molar-refractivity contribution is 7.99. The lowest BCUT2D eigenvalue weighted by Crippen LogP contribution is -2.18. The molecule has 0 saturated heterocycles. The van der Waals surface area contributed by atoms with Gasteiger partial charge in [-0.1, -0.05) is 23.9 Å². The van der Waals surface area contributed by atoms with Crippen molar-refractivity contribution in [3.05, 3.63) is 65.5 Å². The van der Waals surface area contributed by atoms with E-state index in [4.69, 9.17) is 4.74 Å². The van der Waals surface area contributed by atoms with Gasteiger partial charge in [0, 0.05) is 13.1 Å². The van der Waals surface area contributed by atoms with Gasteiger partial charge in [-0.3, -0.25) is 4.79 Å². The van der Waals surface area contributed by atoms with Gasteiger partial charge in [0.05, 0.1) is 17.0 Å². The number of benzene rings is 2. The molecule has 0 spiro atoms. The highest BCUT2D eigenvalue weighted by Crippen LogP contribution is 2.34. The third-order valence-corrected chi connectivity index (χ3v) is 5.29. The van der Waals surface area contributed by atoms with Crippen LogP contribution < -0.4 is 10.1 Å². The lowest BCUT2D eigenvalue weighted by atomic mass is 10.1. The number of rotatable bonds is 7. The van der Waals surface area contributed by atoms with Gasteiger partial charge in [-0.15, -0.1) is 10.2 Å². The Balaban J connectivity index is 1.63. The molecule has 2 aromatic carbocycles. The molecule has 1 aromatic heterocycles. The average molecular weight is 472 g/mol. The molecule has 1 N–H and O–H groups in total. The molecule has 0 radical (unpaired) electrons. The molecule has 3 rings (SSSR count). The van der Waals surface area contributed by atoms with Crippen LogP contribution in [0.1, 0.15) is 24.4 Å². The number of amides is 1. The fourth-order valence-corrected chi connectivity index (χ4v) is 3.49. The van der Waals surface area contributed by atoms with Crippen LogP contribution in [0.3, 0.4) is 0 Å². The molecule has 0 aliphatic rings. The number of alkyl halides is 3. The summed E-state index contributed by atoms with van der Waals surface area (Å²) in [4.78, 5) is 12.2. The van der Waals surface area contributed by atoms with Crippen molar-refractivity contribution in [1.29, 1.82) is 0 Å². The number of para-hydroxylation sites is 1. The van der Waals surface area contributed by atoms with Crippen LogP contribution in [0.2, 0.25) is 0 Å². The second-order valence-electron chi connectivity index (χ2n) is 6.61. The van der Waals surface area contributed by atoms with Crippen molar-refractivity contribution in [2.45, 2.75) is 24.4 Å². The van der Waals surface area contributed by atoms with Crippen LogP contribution in [0.4, 0.5) is 27.6 Å². The maximum absolute atomic E-state index is 13.8. The molecule has 1 unspecified atom stereocenters. The van der Waals surface area contributed by atoms with Crippen molar-refractivity contribution >= 4 is 23.4 Å². The Kier molecular flexibility index (Phi) is 7.02. The van der Waals surface area contributed by atoms with Gasteiger partial charge in [0.15, 0.2) is 28.7 Å². The summed E-state index contributed by atoms with van der Waals surface area (Å²) in [5.74, 6) is -2.35. The van der Waals surface area contributed by atoms with Gasteiger partial charge in [-0.05, 0) is 31.2 Å². The number of hydrogen-bond acceptors (Lipinski definition) is 5. The minimum Gasteiger partial charge on any atom is -0.480 e. The van der Waals surface area contributed by atoms with Crippen molar-refractivity contribution in [3.8, 4) is 5.75 Å². The lowest BCUT2D eigenvalue weighted by molar-refractivity contribution is -0.137. The normalized spacial score (nSPS) is 12.5. The second-order valence-corrected chi connectivity index (χ2v) is 7.56. The minimum absolute atomic E-state index is 0.168. The van der Waals surface area contributed by atoms with Gasteiger partial charge < -0.3 is 14.6 Å². The number of carbonyl (C=O) groups excluding carboxylic acids is 1. The number of carbonyl (C=O) groups is 1. The number of ether oxygens (including phenoxy) is 1. The van der Waals surface area contributed by atoms with E-state index in [0.717, 1.165) is 30.0 Å². The van der Waals surface area contributed by atoms with E-state index in [0.29, 0.717) is 17.0 Å². The van der Waals surface area contributed by atoms with Crippen LogP contribution in [0.5, 0.6) is 5.75 Å². The first kappa shape index (κ1) is 23.5. The van der Waals surface area contributed by atoms with Crippen molar-refractivity contribution < 1.29 is 31.5 Å². The number of nitrogens with zero attached hydrogens (tertiary/aromatic N) is 3. The Labute approximate surface area is 183 Å². The number of thioether (sulfide) groups is 1. The average Bonchev–Trinajstić information content (AvgIpc) is 3.08. The number of nitrogens with one attached hydrogen (secondary N) is 1. The van der Waals surface area contributed by atoms with E-state index in [2.05, 4.69) is 15.5 Å². The number of hydrogen-bond donors (Lipinski definition) is 1. The smallest absolute Gasteiger partial charge is 0.418 e. The number of aromatic nitrogens is 3. The molecule has 0 saturated carbocycles. The third kappa shape index (κ3) is 5.55. The van der Waals surface area contributed by atoms with Crippen LogP contribution >= 0.6 is 11.8 Å². The number of halogens is 5. The molecule has 170 valence electrons. The molecular formula is C20H17F5N4O2S. The van der Waals surface area contributed by atoms with Gasteiger partial charge in [0.2, 0.25) is 5.91 Å². The van der Waals surface area contributed by atoms with Crippen molar-refractivity contribution in [2.75, 3.05) is 11.1 Å². The fraction of sp³-hybridized carbons (Fsp3) is 0.250. The minimum atomic E-state index is -4.60. The first-order valence-corrected chi connectivity index (χ1v) is 10.1. The lowest BCUT2D eigenvalue weighted by Gasteiger charge is -2.15. The Morgan fingerprint density at radius 1 is 1.19 bits per heavy atom. The fourth-order valence-electron chi connectivity index (χ4n) is 2.78. The van der Waals surface area contributed by atoms with E-state index in [1.165, 1.54) is 22.8 Å². The van der Waals surface area contributed by atoms with E-state index in [-0.39, 0.29) is 17.2 Å². The predicted octanol–water partition coefficient (Wildman–Crippen LogP) is 4.98. The molecule has 1 amide bonds. The summed E-state index contributed by atoms with van der Waals surface area (Å²) < 4.78 is 73.0. The van der Waals surface area contributed by atoms with Crippen LogP contribution in [0.25, 0.3) is 0 Å². The summed E-state index contributed by atoms with van der Waals surface area (Å²) in [7, 11) is 1.59. The van der Waals surface area contributed by atoms with E-state index in [9.17, 15) is 26.7 Å². The zero-order chi connectivity index (χ0) is 23.5. The molecule has 0 bridgehead atoms. The molecule has 1 atom stereocenters. The molecule has 0 aliphatic heterocycles. The maximum Gasteiger partial charge on any atom is 0.418 e. The predicted molar refractivity (Wildman–Crippen MR) is 107 cm³/mol. The Morgan fingerprint density at radius 2 is 1.91 bits per heavy atom. The van der Waals surface area contributed by atoms with Gasteiger partial charge in [-0.2, -0.15) is 13.2 Å². The molecule has 32 heavy (non-hydrogen) atoms. The van der Waals surface area contributed by atoms with E-state index in [1.807, 2.05) is 0 Å². The number of anilines is 1. The molecule has 3 aromatic rings. The first-order valence-electron chi connectivity index (χ1n) is 9.16. The van der Waals surface area contributed by atoms with E-state index in [1.54, 1.807) is 14.0 Å². The molecule has 6 nitrogen and oxygen atoms in total. The molecule has 1 heterocycles. The largest absolute Gasteiger partial charge is 0.480 e. The molecular weight excluding hydrogens is 455 g/mol. The maximum atomic E-state index is 13.8. The standard InChI is InChI=1S/C20H17F5N4O2S/c1-11(31-16-8-7-12(21)9-14(16)22)18-27-28-19(29(18)2)32-10-17(30)26-15-6-4-3-5-13(15)20(23,24)25/h3-9,11H,10H2,1-2H3,(H,26,30). The zero-order valence-corrected chi connectivity index (χ0v) is 17.6. The Morgan fingerprint density at radius 3 is 2.59 bits per heavy atom.